The van der Waals surface area contributed by atoms with Gasteiger partial charge in [-0.25, -0.2) is 8.42 Å². The molecule has 1 N–H and O–H groups in total. The summed E-state index contributed by atoms with van der Waals surface area (Å²) in [4.78, 5) is 13.8. The lowest BCUT2D eigenvalue weighted by Gasteiger charge is -2.28. The lowest BCUT2D eigenvalue weighted by molar-refractivity contribution is -0.119. The number of hydrogen-bond donors (Lipinski definition) is 1. The first-order chi connectivity index (χ1) is 9.93. The predicted molar refractivity (Wildman–Crippen MR) is 85.0 cm³/mol. The van der Waals surface area contributed by atoms with Crippen LogP contribution in [0.5, 0.6) is 0 Å². The summed E-state index contributed by atoms with van der Waals surface area (Å²) in [6.07, 6.45) is 3.77. The number of rotatable bonds is 5. The minimum absolute atomic E-state index is 0.0930. The van der Waals surface area contributed by atoms with Crippen LogP contribution in [0.25, 0.3) is 0 Å². The summed E-state index contributed by atoms with van der Waals surface area (Å²) in [7, 11) is -3.43. The summed E-state index contributed by atoms with van der Waals surface area (Å²) in [5.41, 5.74) is 2.20. The number of nitrogens with zero attached hydrogens (tertiary/aromatic N) is 1. The SMILES string of the molecule is C=CCS(=O)(=O)Nc1ccc(C)c(N2CCCCC2=O)c1. The minimum atomic E-state index is -3.43. The second-order valence-electron chi connectivity index (χ2n) is 5.18. The van der Waals surface area contributed by atoms with Crippen LogP contribution in [-0.4, -0.2) is 26.6 Å². The molecule has 2 rings (SSSR count). The van der Waals surface area contributed by atoms with Gasteiger partial charge in [0.15, 0.2) is 0 Å². The molecule has 0 atom stereocenters. The molecule has 1 amide bonds. The standard InChI is InChI=1S/C15H20N2O3S/c1-3-10-21(19,20)16-13-8-7-12(2)14(11-13)17-9-5-4-6-15(17)18/h3,7-8,11,16H,1,4-6,9-10H2,2H3. The van der Waals surface area contributed by atoms with E-state index in [4.69, 9.17) is 0 Å². The van der Waals surface area contributed by atoms with Crippen molar-refractivity contribution in [2.45, 2.75) is 26.2 Å². The molecule has 114 valence electrons. The van der Waals surface area contributed by atoms with Crippen LogP contribution in [0.1, 0.15) is 24.8 Å². The highest BCUT2D eigenvalue weighted by atomic mass is 32.2. The van der Waals surface area contributed by atoms with Crippen LogP contribution in [0.15, 0.2) is 30.9 Å². The van der Waals surface area contributed by atoms with Crippen molar-refractivity contribution in [1.82, 2.24) is 0 Å². The summed E-state index contributed by atoms with van der Waals surface area (Å²) in [6, 6.07) is 5.25. The molecule has 1 saturated heterocycles. The van der Waals surface area contributed by atoms with E-state index in [2.05, 4.69) is 11.3 Å². The number of aryl methyl sites for hydroxylation is 1. The second-order valence-corrected chi connectivity index (χ2v) is 6.94. The van der Waals surface area contributed by atoms with E-state index in [9.17, 15) is 13.2 Å². The molecule has 1 fully saturated rings. The monoisotopic (exact) mass is 308 g/mol. The van der Waals surface area contributed by atoms with Gasteiger partial charge in [0.1, 0.15) is 0 Å². The molecule has 6 heteroatoms. The van der Waals surface area contributed by atoms with Crippen molar-refractivity contribution in [3.05, 3.63) is 36.4 Å². The van der Waals surface area contributed by atoms with Crippen LogP contribution < -0.4 is 9.62 Å². The Morgan fingerprint density at radius 2 is 2.14 bits per heavy atom. The van der Waals surface area contributed by atoms with Gasteiger partial charge in [-0.1, -0.05) is 12.1 Å². The number of hydrogen-bond acceptors (Lipinski definition) is 3. The number of sulfonamides is 1. The average Bonchev–Trinajstić information content (AvgIpc) is 2.41. The zero-order valence-corrected chi connectivity index (χ0v) is 12.9. The molecule has 0 aliphatic carbocycles. The zero-order valence-electron chi connectivity index (χ0n) is 12.1. The van der Waals surface area contributed by atoms with Gasteiger partial charge < -0.3 is 4.90 Å². The van der Waals surface area contributed by atoms with Gasteiger partial charge in [-0.15, -0.1) is 6.58 Å². The highest BCUT2D eigenvalue weighted by Crippen LogP contribution is 2.28. The normalized spacial score (nSPS) is 15.9. The number of piperidine rings is 1. The van der Waals surface area contributed by atoms with Gasteiger partial charge >= 0.3 is 0 Å². The number of nitrogens with one attached hydrogen (secondary N) is 1. The van der Waals surface area contributed by atoms with E-state index >= 15 is 0 Å². The van der Waals surface area contributed by atoms with E-state index in [1.165, 1.54) is 6.08 Å². The van der Waals surface area contributed by atoms with Crippen molar-refractivity contribution in [2.75, 3.05) is 21.9 Å². The molecule has 0 unspecified atom stereocenters. The maximum atomic E-state index is 12.0. The molecule has 1 aliphatic rings. The van der Waals surface area contributed by atoms with E-state index in [1.54, 1.807) is 17.0 Å². The van der Waals surface area contributed by atoms with E-state index < -0.39 is 10.0 Å². The summed E-state index contributed by atoms with van der Waals surface area (Å²) >= 11 is 0. The van der Waals surface area contributed by atoms with Gasteiger partial charge in [0.2, 0.25) is 15.9 Å². The smallest absolute Gasteiger partial charge is 0.236 e. The van der Waals surface area contributed by atoms with Crippen LogP contribution in [0.4, 0.5) is 11.4 Å². The van der Waals surface area contributed by atoms with E-state index in [1.807, 2.05) is 13.0 Å². The molecule has 1 heterocycles. The zero-order chi connectivity index (χ0) is 15.5. The topological polar surface area (TPSA) is 66.5 Å². The number of anilines is 2. The van der Waals surface area contributed by atoms with Crippen molar-refractivity contribution in [2.24, 2.45) is 0 Å². The number of amides is 1. The summed E-state index contributed by atoms with van der Waals surface area (Å²) in [6.45, 7) is 6.03. The van der Waals surface area contributed by atoms with Crippen LogP contribution in [0.2, 0.25) is 0 Å². The number of carbonyl (C=O) groups is 1. The summed E-state index contributed by atoms with van der Waals surface area (Å²) in [5, 5.41) is 0. The van der Waals surface area contributed by atoms with Crippen molar-refractivity contribution < 1.29 is 13.2 Å². The average molecular weight is 308 g/mol. The van der Waals surface area contributed by atoms with Crippen molar-refractivity contribution in [1.29, 1.82) is 0 Å². The molecular formula is C15H20N2O3S. The van der Waals surface area contributed by atoms with Gasteiger partial charge in [-0.2, -0.15) is 0 Å². The summed E-state index contributed by atoms with van der Waals surface area (Å²) < 4.78 is 26.1. The molecule has 1 aromatic rings. The van der Waals surface area contributed by atoms with Crippen LogP contribution in [0, 0.1) is 6.92 Å². The van der Waals surface area contributed by atoms with Crippen LogP contribution in [-0.2, 0) is 14.8 Å². The maximum absolute atomic E-state index is 12.0. The fourth-order valence-electron chi connectivity index (χ4n) is 2.40. The van der Waals surface area contributed by atoms with E-state index in [-0.39, 0.29) is 11.7 Å². The summed E-state index contributed by atoms with van der Waals surface area (Å²) in [5.74, 6) is -0.0470. The maximum Gasteiger partial charge on any atom is 0.236 e. The highest BCUT2D eigenvalue weighted by molar-refractivity contribution is 7.92. The van der Waals surface area contributed by atoms with Crippen molar-refractivity contribution in [3.8, 4) is 0 Å². The molecule has 21 heavy (non-hydrogen) atoms. The van der Waals surface area contributed by atoms with Crippen LogP contribution >= 0.6 is 0 Å². The third-order valence-corrected chi connectivity index (χ3v) is 4.66. The Hall–Kier alpha value is -1.82. The molecule has 0 spiro atoms. The van der Waals surface area contributed by atoms with Gasteiger partial charge in [0, 0.05) is 18.7 Å². The fourth-order valence-corrected chi connectivity index (χ4v) is 3.28. The van der Waals surface area contributed by atoms with Gasteiger partial charge in [0.05, 0.1) is 11.4 Å². The molecule has 0 bridgehead atoms. The third kappa shape index (κ3) is 3.85. The molecular weight excluding hydrogens is 288 g/mol. The van der Waals surface area contributed by atoms with Crippen LogP contribution in [0.3, 0.4) is 0 Å². The Kier molecular flexibility index (Phi) is 4.67. The minimum Gasteiger partial charge on any atom is -0.312 e. The lowest BCUT2D eigenvalue weighted by atomic mass is 10.1. The highest BCUT2D eigenvalue weighted by Gasteiger charge is 2.21. The fraction of sp³-hybridized carbons (Fsp3) is 0.400. The van der Waals surface area contributed by atoms with E-state index in [0.29, 0.717) is 18.7 Å². The first-order valence-electron chi connectivity index (χ1n) is 6.95. The Labute approximate surface area is 125 Å². The lowest BCUT2D eigenvalue weighted by Crippen LogP contribution is -2.35. The van der Waals surface area contributed by atoms with E-state index in [0.717, 1.165) is 24.1 Å². The Morgan fingerprint density at radius 3 is 2.81 bits per heavy atom. The molecule has 5 nitrogen and oxygen atoms in total. The van der Waals surface area contributed by atoms with Gasteiger partial charge in [0.25, 0.3) is 0 Å². The van der Waals surface area contributed by atoms with Gasteiger partial charge in [-0.05, 0) is 37.5 Å². The number of carbonyl (C=O) groups excluding carboxylic acids is 1. The first-order valence-corrected chi connectivity index (χ1v) is 8.60. The molecule has 0 radical (unpaired) electrons. The Bertz CT molecular complexity index is 653. The Balaban J connectivity index is 2.29. The largest absolute Gasteiger partial charge is 0.312 e. The Morgan fingerprint density at radius 1 is 1.38 bits per heavy atom. The molecule has 0 aromatic heterocycles. The predicted octanol–water partition coefficient (Wildman–Crippen LogP) is 2.44. The molecule has 0 saturated carbocycles. The van der Waals surface area contributed by atoms with Gasteiger partial charge in [-0.3, -0.25) is 9.52 Å². The quantitative estimate of drug-likeness (QED) is 0.850. The van der Waals surface area contributed by atoms with Crippen molar-refractivity contribution >= 4 is 27.3 Å². The molecule has 1 aliphatic heterocycles. The second kappa shape index (κ2) is 6.30. The number of benzene rings is 1. The molecule has 1 aromatic carbocycles. The van der Waals surface area contributed by atoms with Crippen molar-refractivity contribution in [3.63, 3.8) is 0 Å². The first kappa shape index (κ1) is 15.6. The third-order valence-electron chi connectivity index (χ3n) is 3.43.